The van der Waals surface area contributed by atoms with E-state index in [-0.39, 0.29) is 24.7 Å². The SMILES string of the molecule is CC(C)c1coc(C(=O)N[C@H](Cc2ccc(-c3cc(Cl)ccc3F)cc2)C[C@@H](NC(=O)[C@H](N)CO)C(=O)O)n1. The van der Waals surface area contributed by atoms with Crippen molar-refractivity contribution in [3.05, 3.63) is 76.7 Å². The predicted molar refractivity (Wildman–Crippen MR) is 142 cm³/mol. The van der Waals surface area contributed by atoms with E-state index >= 15 is 0 Å². The maximum absolute atomic E-state index is 14.3. The van der Waals surface area contributed by atoms with Crippen molar-refractivity contribution in [3.63, 3.8) is 0 Å². The molecule has 3 atom stereocenters. The normalized spacial score (nSPS) is 13.5. The molecule has 0 aliphatic heterocycles. The number of nitrogens with one attached hydrogen (secondary N) is 2. The number of rotatable bonds is 12. The molecule has 2 amide bonds. The number of nitrogens with zero attached hydrogens (tertiary/aromatic N) is 1. The van der Waals surface area contributed by atoms with E-state index in [1.54, 1.807) is 24.3 Å². The van der Waals surface area contributed by atoms with Crippen LogP contribution in [-0.2, 0) is 16.0 Å². The highest BCUT2D eigenvalue weighted by Gasteiger charge is 2.28. The fourth-order valence-electron chi connectivity index (χ4n) is 3.79. The van der Waals surface area contributed by atoms with Crippen molar-refractivity contribution in [1.82, 2.24) is 15.6 Å². The number of hydrogen-bond donors (Lipinski definition) is 5. The second-order valence-electron chi connectivity index (χ2n) is 9.35. The van der Waals surface area contributed by atoms with Crippen LogP contribution in [0.4, 0.5) is 4.39 Å². The minimum absolute atomic E-state index is 0.0243. The zero-order chi connectivity index (χ0) is 28.7. The first-order chi connectivity index (χ1) is 18.5. The summed E-state index contributed by atoms with van der Waals surface area (Å²) < 4.78 is 19.6. The number of carbonyl (C=O) groups is 3. The van der Waals surface area contributed by atoms with E-state index in [1.165, 1.54) is 24.5 Å². The van der Waals surface area contributed by atoms with Gasteiger partial charge in [0.05, 0.1) is 12.3 Å². The second kappa shape index (κ2) is 13.3. The van der Waals surface area contributed by atoms with Crippen molar-refractivity contribution in [1.29, 1.82) is 0 Å². The summed E-state index contributed by atoms with van der Waals surface area (Å²) in [7, 11) is 0. The number of carbonyl (C=O) groups excluding carboxylic acids is 2. The van der Waals surface area contributed by atoms with Gasteiger partial charge >= 0.3 is 11.9 Å². The molecule has 39 heavy (non-hydrogen) atoms. The van der Waals surface area contributed by atoms with Crippen LogP contribution in [-0.4, -0.2) is 57.7 Å². The first-order valence-corrected chi connectivity index (χ1v) is 12.6. The van der Waals surface area contributed by atoms with Gasteiger partial charge in [-0.3, -0.25) is 9.59 Å². The lowest BCUT2D eigenvalue weighted by atomic mass is 9.96. The fourth-order valence-corrected chi connectivity index (χ4v) is 3.96. The molecular weight excluding hydrogens is 531 g/mol. The van der Waals surface area contributed by atoms with Crippen molar-refractivity contribution in [2.45, 2.75) is 50.7 Å². The van der Waals surface area contributed by atoms with Crippen molar-refractivity contribution in [2.75, 3.05) is 6.61 Å². The zero-order valence-electron chi connectivity index (χ0n) is 21.4. The summed E-state index contributed by atoms with van der Waals surface area (Å²) in [6.45, 7) is 3.11. The van der Waals surface area contributed by atoms with Crippen LogP contribution in [0.25, 0.3) is 11.1 Å². The Labute approximate surface area is 229 Å². The quantitative estimate of drug-likeness (QED) is 0.225. The predicted octanol–water partition coefficient (Wildman–Crippen LogP) is 2.88. The van der Waals surface area contributed by atoms with E-state index in [2.05, 4.69) is 15.6 Å². The maximum Gasteiger partial charge on any atom is 0.326 e. The topological polar surface area (TPSA) is 168 Å². The second-order valence-corrected chi connectivity index (χ2v) is 9.79. The Morgan fingerprint density at radius 3 is 2.41 bits per heavy atom. The number of hydrogen-bond acceptors (Lipinski definition) is 7. The van der Waals surface area contributed by atoms with E-state index in [0.717, 1.165) is 0 Å². The monoisotopic (exact) mass is 560 g/mol. The van der Waals surface area contributed by atoms with Gasteiger partial charge in [-0.1, -0.05) is 49.7 Å². The zero-order valence-corrected chi connectivity index (χ0v) is 22.1. The molecule has 2 aromatic carbocycles. The van der Waals surface area contributed by atoms with Gasteiger partial charge < -0.3 is 31.0 Å². The Balaban J connectivity index is 1.84. The highest BCUT2D eigenvalue weighted by molar-refractivity contribution is 6.30. The minimum Gasteiger partial charge on any atom is -0.480 e. The fraction of sp³-hybridized carbons (Fsp3) is 0.333. The average molecular weight is 561 g/mol. The highest BCUT2D eigenvalue weighted by Crippen LogP contribution is 2.26. The summed E-state index contributed by atoms with van der Waals surface area (Å²) in [6, 6.07) is 7.50. The van der Waals surface area contributed by atoms with E-state index in [1.807, 2.05) is 13.8 Å². The molecule has 0 fully saturated rings. The number of aliphatic carboxylic acids is 1. The third kappa shape index (κ3) is 8.09. The number of halogens is 2. The van der Waals surface area contributed by atoms with E-state index < -0.39 is 48.3 Å². The van der Waals surface area contributed by atoms with E-state index in [4.69, 9.17) is 26.9 Å². The smallest absolute Gasteiger partial charge is 0.326 e. The molecule has 10 nitrogen and oxygen atoms in total. The van der Waals surface area contributed by atoms with E-state index in [0.29, 0.717) is 27.4 Å². The van der Waals surface area contributed by atoms with Crippen LogP contribution in [0.15, 0.2) is 53.1 Å². The third-order valence-electron chi connectivity index (χ3n) is 5.99. The maximum atomic E-state index is 14.3. The van der Waals surface area contributed by atoms with Gasteiger partial charge in [0.2, 0.25) is 5.91 Å². The number of amides is 2. The molecule has 12 heteroatoms. The van der Waals surface area contributed by atoms with Gasteiger partial charge in [0.1, 0.15) is 24.2 Å². The van der Waals surface area contributed by atoms with Gasteiger partial charge in [0.25, 0.3) is 5.89 Å². The Hall–Kier alpha value is -3.80. The van der Waals surface area contributed by atoms with E-state index in [9.17, 15) is 23.9 Å². The van der Waals surface area contributed by atoms with Gasteiger partial charge in [-0.2, -0.15) is 0 Å². The molecule has 3 rings (SSSR count). The molecule has 208 valence electrons. The van der Waals surface area contributed by atoms with Crippen LogP contribution in [0.2, 0.25) is 5.02 Å². The summed E-state index contributed by atoms with van der Waals surface area (Å²) in [5.74, 6) is -3.46. The number of oxazole rings is 1. The molecule has 0 saturated carbocycles. The molecule has 0 radical (unpaired) electrons. The number of benzene rings is 2. The molecule has 1 heterocycles. The highest BCUT2D eigenvalue weighted by atomic mass is 35.5. The molecule has 3 aromatic rings. The number of aliphatic hydroxyl groups excluding tert-OH is 1. The summed E-state index contributed by atoms with van der Waals surface area (Å²) in [5.41, 5.74) is 7.68. The average Bonchev–Trinajstić information content (AvgIpc) is 3.40. The molecule has 6 N–H and O–H groups in total. The lowest BCUT2D eigenvalue weighted by molar-refractivity contribution is -0.142. The van der Waals surface area contributed by atoms with Gasteiger partial charge in [0.15, 0.2) is 0 Å². The molecular formula is C27H30ClFN4O6. The van der Waals surface area contributed by atoms with Crippen LogP contribution < -0.4 is 16.4 Å². The first-order valence-electron chi connectivity index (χ1n) is 12.2. The van der Waals surface area contributed by atoms with Crippen LogP contribution in [0.1, 0.15) is 48.1 Å². The van der Waals surface area contributed by atoms with Crippen molar-refractivity contribution in [2.24, 2.45) is 5.73 Å². The van der Waals surface area contributed by atoms with Crippen molar-refractivity contribution < 1.29 is 33.4 Å². The standard InChI is InChI=1S/C27H30ClFN4O6/c1-14(2)23-13-39-26(33-23)25(36)31-18(11-22(27(37)38)32-24(35)21(30)12-34)9-15-3-5-16(6-4-15)19-10-17(28)7-8-20(19)29/h3-8,10,13-14,18,21-22,34H,9,11-12,30H2,1-2H3,(H,31,36)(H,32,35)(H,37,38)/t18-,21-,22-/m1/s1. The Morgan fingerprint density at radius 1 is 1.13 bits per heavy atom. The minimum atomic E-state index is -1.42. The third-order valence-corrected chi connectivity index (χ3v) is 6.22. The summed E-state index contributed by atoms with van der Waals surface area (Å²) in [4.78, 5) is 41.2. The van der Waals surface area contributed by atoms with Crippen LogP contribution in [0, 0.1) is 5.82 Å². The molecule has 0 aliphatic rings. The lowest BCUT2D eigenvalue weighted by Crippen LogP contribution is -2.52. The number of aliphatic hydroxyl groups is 1. The Kier molecular flexibility index (Phi) is 10.2. The molecule has 1 aromatic heterocycles. The number of carboxylic acid groups (broad SMARTS) is 1. The molecule has 0 saturated heterocycles. The molecule has 0 aliphatic carbocycles. The van der Waals surface area contributed by atoms with Crippen LogP contribution >= 0.6 is 11.6 Å². The Bertz CT molecular complexity index is 1310. The number of carboxylic acids is 1. The lowest BCUT2D eigenvalue weighted by Gasteiger charge is -2.24. The molecule has 0 spiro atoms. The van der Waals surface area contributed by atoms with Crippen molar-refractivity contribution >= 4 is 29.4 Å². The summed E-state index contributed by atoms with van der Waals surface area (Å²) >= 11 is 6.00. The largest absolute Gasteiger partial charge is 0.480 e. The van der Waals surface area contributed by atoms with Crippen LogP contribution in [0.5, 0.6) is 0 Å². The van der Waals surface area contributed by atoms with Crippen LogP contribution in [0.3, 0.4) is 0 Å². The summed E-state index contributed by atoms with van der Waals surface area (Å²) in [6.07, 6.45) is 1.32. The first kappa shape index (κ1) is 29.8. The van der Waals surface area contributed by atoms with Gasteiger partial charge in [0, 0.05) is 16.6 Å². The van der Waals surface area contributed by atoms with Gasteiger partial charge in [-0.15, -0.1) is 0 Å². The van der Waals surface area contributed by atoms with Gasteiger partial charge in [-0.05, 0) is 48.1 Å². The molecule has 0 bridgehead atoms. The Morgan fingerprint density at radius 2 is 1.82 bits per heavy atom. The molecule has 0 unspecified atom stereocenters. The summed E-state index contributed by atoms with van der Waals surface area (Å²) in [5, 5.41) is 24.2. The van der Waals surface area contributed by atoms with Crippen molar-refractivity contribution in [3.8, 4) is 11.1 Å². The number of aromatic nitrogens is 1. The number of nitrogens with two attached hydrogens (primary N) is 1. The van der Waals surface area contributed by atoms with Gasteiger partial charge in [-0.25, -0.2) is 14.2 Å².